The number of aromatic nitrogens is 1. The SMILES string of the molecule is CC(NC(=O)C1CSCN1C(=O)CC(C)(C)C)c1nc(-c2ccccc2)cs1. The van der Waals surface area contributed by atoms with E-state index < -0.39 is 6.04 Å². The van der Waals surface area contributed by atoms with E-state index in [1.165, 1.54) is 0 Å². The molecule has 1 aliphatic heterocycles. The van der Waals surface area contributed by atoms with Crippen molar-refractivity contribution in [2.24, 2.45) is 5.41 Å². The van der Waals surface area contributed by atoms with Crippen LogP contribution in [-0.4, -0.2) is 39.4 Å². The molecule has 1 aromatic heterocycles. The maximum absolute atomic E-state index is 12.8. The Morgan fingerprint density at radius 2 is 2.00 bits per heavy atom. The second kappa shape index (κ2) is 8.66. The van der Waals surface area contributed by atoms with Gasteiger partial charge in [-0.2, -0.15) is 0 Å². The van der Waals surface area contributed by atoms with E-state index in [1.807, 2.05) is 63.4 Å². The van der Waals surface area contributed by atoms with Gasteiger partial charge >= 0.3 is 0 Å². The molecule has 7 heteroatoms. The molecule has 1 N–H and O–H groups in total. The number of amides is 2. The first-order valence-electron chi connectivity index (χ1n) is 9.43. The van der Waals surface area contributed by atoms with E-state index in [4.69, 9.17) is 0 Å². The number of carbonyl (C=O) groups excluding carboxylic acids is 2. The summed E-state index contributed by atoms with van der Waals surface area (Å²) in [6, 6.07) is 9.40. The molecule has 0 aliphatic carbocycles. The number of carbonyl (C=O) groups is 2. The molecule has 2 heterocycles. The third kappa shape index (κ3) is 5.14. The Hall–Kier alpha value is -1.86. The van der Waals surface area contributed by atoms with Crippen molar-refractivity contribution in [3.8, 4) is 11.3 Å². The highest BCUT2D eigenvalue weighted by Crippen LogP contribution is 2.28. The third-order valence-electron chi connectivity index (χ3n) is 4.51. The summed E-state index contributed by atoms with van der Waals surface area (Å²) in [6.45, 7) is 8.06. The highest BCUT2D eigenvalue weighted by atomic mass is 32.2. The van der Waals surface area contributed by atoms with Gasteiger partial charge in [0.05, 0.1) is 17.6 Å². The van der Waals surface area contributed by atoms with Crippen LogP contribution in [0.4, 0.5) is 0 Å². The van der Waals surface area contributed by atoms with Crippen LogP contribution in [0.3, 0.4) is 0 Å². The maximum atomic E-state index is 12.8. The summed E-state index contributed by atoms with van der Waals surface area (Å²) < 4.78 is 0. The van der Waals surface area contributed by atoms with Crippen molar-refractivity contribution in [1.82, 2.24) is 15.2 Å². The van der Waals surface area contributed by atoms with Crippen molar-refractivity contribution in [2.45, 2.75) is 46.2 Å². The van der Waals surface area contributed by atoms with Crippen LogP contribution in [0.1, 0.15) is 45.2 Å². The maximum Gasteiger partial charge on any atom is 0.244 e. The molecule has 2 aromatic rings. The first-order chi connectivity index (χ1) is 13.2. The molecule has 3 rings (SSSR count). The highest BCUT2D eigenvalue weighted by Gasteiger charge is 2.36. The summed E-state index contributed by atoms with van der Waals surface area (Å²) in [5.41, 5.74) is 1.89. The van der Waals surface area contributed by atoms with E-state index in [0.29, 0.717) is 18.1 Å². The molecule has 2 unspecified atom stereocenters. The van der Waals surface area contributed by atoms with Crippen molar-refractivity contribution in [3.63, 3.8) is 0 Å². The van der Waals surface area contributed by atoms with Crippen LogP contribution in [-0.2, 0) is 9.59 Å². The number of nitrogens with one attached hydrogen (secondary N) is 1. The van der Waals surface area contributed by atoms with Crippen LogP contribution >= 0.6 is 23.1 Å². The van der Waals surface area contributed by atoms with Gasteiger partial charge in [-0.3, -0.25) is 9.59 Å². The molecule has 5 nitrogen and oxygen atoms in total. The van der Waals surface area contributed by atoms with Gasteiger partial charge in [-0.15, -0.1) is 23.1 Å². The van der Waals surface area contributed by atoms with E-state index in [9.17, 15) is 9.59 Å². The predicted octanol–water partition coefficient (Wildman–Crippen LogP) is 4.33. The lowest BCUT2D eigenvalue weighted by atomic mass is 9.91. The molecular formula is C21H27N3O2S2. The van der Waals surface area contributed by atoms with Crippen LogP contribution in [0.5, 0.6) is 0 Å². The van der Waals surface area contributed by atoms with Gasteiger partial charge in [-0.25, -0.2) is 4.98 Å². The highest BCUT2D eigenvalue weighted by molar-refractivity contribution is 7.99. The number of hydrogen-bond acceptors (Lipinski definition) is 5. The van der Waals surface area contributed by atoms with E-state index in [1.54, 1.807) is 28.0 Å². The van der Waals surface area contributed by atoms with Gasteiger partial charge in [0, 0.05) is 23.1 Å². The molecule has 0 radical (unpaired) electrons. The minimum absolute atomic E-state index is 0.0471. The van der Waals surface area contributed by atoms with Crippen LogP contribution in [0.15, 0.2) is 35.7 Å². The van der Waals surface area contributed by atoms with E-state index in [-0.39, 0.29) is 23.3 Å². The van der Waals surface area contributed by atoms with Crippen LogP contribution in [0.25, 0.3) is 11.3 Å². The monoisotopic (exact) mass is 417 g/mol. The Balaban J connectivity index is 1.64. The topological polar surface area (TPSA) is 62.3 Å². The summed E-state index contributed by atoms with van der Waals surface area (Å²) in [5, 5.41) is 5.93. The lowest BCUT2D eigenvalue weighted by Crippen LogP contribution is -2.48. The Morgan fingerprint density at radius 3 is 2.68 bits per heavy atom. The van der Waals surface area contributed by atoms with Gasteiger partial charge in [-0.1, -0.05) is 51.1 Å². The number of benzene rings is 1. The van der Waals surface area contributed by atoms with Crippen LogP contribution < -0.4 is 5.32 Å². The van der Waals surface area contributed by atoms with Crippen molar-refractivity contribution in [3.05, 3.63) is 40.7 Å². The largest absolute Gasteiger partial charge is 0.345 e. The Kier molecular flexibility index (Phi) is 6.45. The normalized spacial score (nSPS) is 18.1. The Labute approximate surface area is 174 Å². The number of thioether (sulfide) groups is 1. The molecule has 2 atom stereocenters. The quantitative estimate of drug-likeness (QED) is 0.787. The smallest absolute Gasteiger partial charge is 0.244 e. The Bertz CT molecular complexity index is 830. The third-order valence-corrected chi connectivity index (χ3v) is 6.55. The standard InChI is InChI=1S/C21H27N3O2S2/c1-14(20-23-16(11-28-20)15-8-6-5-7-9-15)22-19(26)17-12-27-13-24(17)18(25)10-21(2,3)4/h5-9,11,14,17H,10,12-13H2,1-4H3,(H,22,26). The summed E-state index contributed by atoms with van der Waals surface area (Å²) in [4.78, 5) is 31.9. The molecule has 28 heavy (non-hydrogen) atoms. The fraction of sp³-hybridized carbons (Fsp3) is 0.476. The van der Waals surface area contributed by atoms with Gasteiger partial charge in [0.2, 0.25) is 11.8 Å². The van der Waals surface area contributed by atoms with E-state index in [0.717, 1.165) is 16.3 Å². The summed E-state index contributed by atoms with van der Waals surface area (Å²) in [5.74, 6) is 1.17. The van der Waals surface area contributed by atoms with E-state index in [2.05, 4.69) is 10.3 Å². The predicted molar refractivity (Wildman–Crippen MR) is 116 cm³/mol. The second-order valence-corrected chi connectivity index (χ2v) is 10.2. The van der Waals surface area contributed by atoms with Crippen LogP contribution in [0, 0.1) is 5.41 Å². The summed E-state index contributed by atoms with van der Waals surface area (Å²) in [7, 11) is 0. The molecule has 2 amide bonds. The molecule has 1 fully saturated rings. The Morgan fingerprint density at radius 1 is 1.29 bits per heavy atom. The van der Waals surface area contributed by atoms with Crippen LogP contribution in [0.2, 0.25) is 0 Å². The van der Waals surface area contributed by atoms with Crippen molar-refractivity contribution >= 4 is 34.9 Å². The number of hydrogen-bond donors (Lipinski definition) is 1. The minimum Gasteiger partial charge on any atom is -0.345 e. The average Bonchev–Trinajstić information content (AvgIpc) is 3.31. The molecule has 1 saturated heterocycles. The molecule has 0 bridgehead atoms. The lowest BCUT2D eigenvalue weighted by Gasteiger charge is -2.27. The molecule has 1 aromatic carbocycles. The number of thiazole rings is 1. The molecule has 0 spiro atoms. The zero-order valence-electron chi connectivity index (χ0n) is 16.8. The van der Waals surface area contributed by atoms with Gasteiger partial charge in [-0.05, 0) is 12.3 Å². The summed E-state index contributed by atoms with van der Waals surface area (Å²) >= 11 is 3.17. The second-order valence-electron chi connectivity index (χ2n) is 8.28. The minimum atomic E-state index is -0.407. The van der Waals surface area contributed by atoms with Crippen molar-refractivity contribution < 1.29 is 9.59 Å². The lowest BCUT2D eigenvalue weighted by molar-refractivity contribution is -0.139. The molecule has 150 valence electrons. The molecule has 1 aliphatic rings. The zero-order chi connectivity index (χ0) is 20.3. The first-order valence-corrected chi connectivity index (χ1v) is 11.5. The first kappa shape index (κ1) is 20.9. The van der Waals surface area contributed by atoms with Crippen molar-refractivity contribution in [1.29, 1.82) is 0 Å². The van der Waals surface area contributed by atoms with Gasteiger partial charge < -0.3 is 10.2 Å². The van der Waals surface area contributed by atoms with E-state index >= 15 is 0 Å². The molecular weight excluding hydrogens is 390 g/mol. The van der Waals surface area contributed by atoms with Gasteiger partial charge in [0.15, 0.2) is 0 Å². The van der Waals surface area contributed by atoms with Gasteiger partial charge in [0.1, 0.15) is 11.0 Å². The fourth-order valence-electron chi connectivity index (χ4n) is 3.06. The van der Waals surface area contributed by atoms with Crippen molar-refractivity contribution in [2.75, 3.05) is 11.6 Å². The zero-order valence-corrected chi connectivity index (χ0v) is 18.4. The number of rotatable bonds is 5. The average molecular weight is 418 g/mol. The fourth-order valence-corrected chi connectivity index (χ4v) is 5.08. The summed E-state index contributed by atoms with van der Waals surface area (Å²) in [6.07, 6.45) is 0.444. The number of nitrogens with zero attached hydrogens (tertiary/aromatic N) is 2. The molecule has 0 saturated carbocycles. The van der Waals surface area contributed by atoms with Gasteiger partial charge in [0.25, 0.3) is 0 Å².